The second-order valence-electron chi connectivity index (χ2n) is 7.20. The normalized spacial score (nSPS) is 15.2. The summed E-state index contributed by atoms with van der Waals surface area (Å²) in [6, 6.07) is 21.0. The van der Waals surface area contributed by atoms with Crippen LogP contribution in [-0.2, 0) is 11.4 Å². The molecule has 4 rings (SSSR count). The fourth-order valence-corrected chi connectivity index (χ4v) is 3.91. The number of benzene rings is 2. The Labute approximate surface area is 196 Å². The quantitative estimate of drug-likeness (QED) is 0.300. The fourth-order valence-electron chi connectivity index (χ4n) is 3.07. The maximum atomic E-state index is 12.7. The van der Waals surface area contributed by atoms with E-state index in [-0.39, 0.29) is 17.8 Å². The third-order valence-electron chi connectivity index (χ3n) is 4.87. The van der Waals surface area contributed by atoms with E-state index in [1.165, 1.54) is 0 Å². The number of nitrogens with zero attached hydrogens (tertiary/aromatic N) is 3. The molecule has 2 amide bonds. The van der Waals surface area contributed by atoms with Crippen LogP contribution in [0, 0.1) is 0 Å². The third-order valence-corrected chi connectivity index (χ3v) is 5.78. The monoisotopic (exact) mass is 458 g/mol. The van der Waals surface area contributed by atoms with E-state index in [1.54, 1.807) is 18.5 Å². The van der Waals surface area contributed by atoms with Crippen molar-refractivity contribution >= 4 is 34.7 Å². The van der Waals surface area contributed by atoms with E-state index < -0.39 is 0 Å². The molecule has 8 heteroatoms. The van der Waals surface area contributed by atoms with E-state index in [2.05, 4.69) is 15.5 Å². The van der Waals surface area contributed by atoms with E-state index >= 15 is 0 Å². The zero-order chi connectivity index (χ0) is 23.0. The van der Waals surface area contributed by atoms with Crippen molar-refractivity contribution in [1.82, 2.24) is 15.3 Å². The minimum Gasteiger partial charge on any atom is -0.489 e. The van der Waals surface area contributed by atoms with Crippen molar-refractivity contribution in [3.05, 3.63) is 101 Å². The predicted molar refractivity (Wildman–Crippen MR) is 129 cm³/mol. The lowest BCUT2D eigenvalue weighted by Crippen LogP contribution is -2.35. The van der Waals surface area contributed by atoms with E-state index in [0.717, 1.165) is 44.8 Å². The Bertz CT molecular complexity index is 1180. The van der Waals surface area contributed by atoms with Crippen molar-refractivity contribution in [3.8, 4) is 5.75 Å². The molecule has 0 unspecified atom stereocenters. The topological polar surface area (TPSA) is 83.9 Å². The highest BCUT2D eigenvalue weighted by Crippen LogP contribution is 2.32. The molecule has 0 radical (unpaired) electrons. The van der Waals surface area contributed by atoms with Crippen LogP contribution in [-0.4, -0.2) is 33.4 Å². The summed E-state index contributed by atoms with van der Waals surface area (Å²) in [5, 5.41) is 3.90. The molecule has 2 aromatic carbocycles. The lowest BCUT2D eigenvalue weighted by Gasteiger charge is -2.12. The van der Waals surface area contributed by atoms with Gasteiger partial charge in [0.1, 0.15) is 19.0 Å². The number of amides is 2. The molecule has 0 spiro atoms. The first kappa shape index (κ1) is 22.3. The number of thioether (sulfide) groups is 1. The van der Waals surface area contributed by atoms with Gasteiger partial charge in [-0.3, -0.25) is 20.0 Å². The average Bonchev–Trinajstić information content (AvgIpc) is 3.12. The molecule has 0 aliphatic carbocycles. The van der Waals surface area contributed by atoms with Gasteiger partial charge in [-0.1, -0.05) is 42.5 Å². The number of hydrazone groups is 1. The molecule has 1 fully saturated rings. The summed E-state index contributed by atoms with van der Waals surface area (Å²) in [4.78, 5) is 30.5. The molecule has 166 valence electrons. The number of imide groups is 1. The van der Waals surface area contributed by atoms with Crippen LogP contribution in [0.4, 0.5) is 4.79 Å². The van der Waals surface area contributed by atoms with Gasteiger partial charge in [0.15, 0.2) is 0 Å². The lowest BCUT2D eigenvalue weighted by atomic mass is 10.2. The van der Waals surface area contributed by atoms with E-state index in [1.807, 2.05) is 73.7 Å². The minimum absolute atomic E-state index is 0.00328. The van der Waals surface area contributed by atoms with Gasteiger partial charge in [0.25, 0.3) is 11.1 Å². The number of nitrogens with one attached hydrogen (secondary N) is 1. The number of hydrogen-bond acceptors (Lipinski definition) is 7. The van der Waals surface area contributed by atoms with Crippen LogP contribution in [0.3, 0.4) is 0 Å². The Balaban J connectivity index is 1.34. The SMILES string of the molecule is C/C(=N\NCN1C(=O)S/C(=C\c2ccc(OCc3ccccc3)cc2)C1=O)c1ccncc1. The zero-order valence-electron chi connectivity index (χ0n) is 18.0. The van der Waals surface area contributed by atoms with Crippen molar-refractivity contribution in [1.29, 1.82) is 0 Å². The molecule has 0 bridgehead atoms. The maximum Gasteiger partial charge on any atom is 0.295 e. The molecular weight excluding hydrogens is 436 g/mol. The maximum absolute atomic E-state index is 12.7. The first-order valence-electron chi connectivity index (χ1n) is 10.3. The van der Waals surface area contributed by atoms with E-state index in [9.17, 15) is 9.59 Å². The number of aromatic nitrogens is 1. The largest absolute Gasteiger partial charge is 0.489 e. The molecule has 1 aliphatic rings. The highest BCUT2D eigenvalue weighted by atomic mass is 32.2. The van der Waals surface area contributed by atoms with Crippen molar-refractivity contribution in [2.24, 2.45) is 5.10 Å². The summed E-state index contributed by atoms with van der Waals surface area (Å²) < 4.78 is 5.79. The summed E-state index contributed by atoms with van der Waals surface area (Å²) >= 11 is 0.914. The van der Waals surface area contributed by atoms with Gasteiger partial charge in [-0.2, -0.15) is 5.10 Å². The fraction of sp³-hybridized carbons (Fsp3) is 0.120. The van der Waals surface area contributed by atoms with Crippen LogP contribution in [0.1, 0.15) is 23.6 Å². The highest BCUT2D eigenvalue weighted by Gasteiger charge is 2.34. The Kier molecular flexibility index (Phi) is 7.16. The van der Waals surface area contributed by atoms with Gasteiger partial charge in [0.2, 0.25) is 0 Å². The Hall–Kier alpha value is -3.91. The van der Waals surface area contributed by atoms with Crippen LogP contribution in [0.25, 0.3) is 6.08 Å². The first-order valence-corrected chi connectivity index (χ1v) is 11.1. The Morgan fingerprint density at radius 1 is 1.06 bits per heavy atom. The Morgan fingerprint density at radius 2 is 1.79 bits per heavy atom. The zero-order valence-corrected chi connectivity index (χ0v) is 18.8. The standard InChI is InChI=1S/C25H22N4O3S/c1-18(21-11-13-26-14-12-21)28-27-17-29-24(30)23(33-25(29)31)15-19-7-9-22(10-8-19)32-16-20-5-3-2-4-6-20/h2-15,27H,16-17H2,1H3/b23-15-,28-18+. The summed E-state index contributed by atoms with van der Waals surface area (Å²) in [5.74, 6) is 0.384. The van der Waals surface area contributed by atoms with Crippen LogP contribution >= 0.6 is 11.8 Å². The van der Waals surface area contributed by atoms with Gasteiger partial charge < -0.3 is 4.74 Å². The molecule has 1 aromatic heterocycles. The van der Waals surface area contributed by atoms with E-state index in [0.29, 0.717) is 11.5 Å². The van der Waals surface area contributed by atoms with Gasteiger partial charge in [-0.05, 0) is 60.2 Å². The number of carbonyl (C=O) groups excluding carboxylic acids is 2. The third kappa shape index (κ3) is 5.87. The van der Waals surface area contributed by atoms with Crippen LogP contribution in [0.15, 0.2) is 89.1 Å². The van der Waals surface area contributed by atoms with Crippen molar-refractivity contribution in [3.63, 3.8) is 0 Å². The van der Waals surface area contributed by atoms with Crippen LogP contribution in [0.2, 0.25) is 0 Å². The number of pyridine rings is 1. The molecule has 1 saturated heterocycles. The van der Waals surface area contributed by atoms with Crippen molar-refractivity contribution < 1.29 is 14.3 Å². The first-order chi connectivity index (χ1) is 16.1. The summed E-state index contributed by atoms with van der Waals surface area (Å²) in [6.07, 6.45) is 5.06. The number of ether oxygens (including phenoxy) is 1. The molecule has 2 heterocycles. The van der Waals surface area contributed by atoms with Gasteiger partial charge in [-0.15, -0.1) is 0 Å². The van der Waals surface area contributed by atoms with Gasteiger partial charge >= 0.3 is 0 Å². The van der Waals surface area contributed by atoms with Crippen LogP contribution < -0.4 is 10.2 Å². The average molecular weight is 459 g/mol. The summed E-state index contributed by atoms with van der Waals surface area (Å²) in [7, 11) is 0. The lowest BCUT2D eigenvalue weighted by molar-refractivity contribution is -0.122. The van der Waals surface area contributed by atoms with Crippen LogP contribution in [0.5, 0.6) is 5.75 Å². The Morgan fingerprint density at radius 3 is 2.52 bits per heavy atom. The van der Waals surface area contributed by atoms with Crippen molar-refractivity contribution in [2.75, 3.05) is 6.67 Å². The molecule has 3 aromatic rings. The smallest absolute Gasteiger partial charge is 0.295 e. The molecular formula is C25H22N4O3S. The molecule has 33 heavy (non-hydrogen) atoms. The molecule has 0 saturated carbocycles. The summed E-state index contributed by atoms with van der Waals surface area (Å²) in [6.45, 7) is 2.31. The highest BCUT2D eigenvalue weighted by molar-refractivity contribution is 8.18. The van der Waals surface area contributed by atoms with E-state index in [4.69, 9.17) is 4.74 Å². The number of carbonyl (C=O) groups is 2. The van der Waals surface area contributed by atoms with Gasteiger partial charge in [-0.25, -0.2) is 4.90 Å². The molecule has 7 nitrogen and oxygen atoms in total. The molecule has 1 N–H and O–H groups in total. The molecule has 0 atom stereocenters. The van der Waals surface area contributed by atoms with Crippen molar-refractivity contribution in [2.45, 2.75) is 13.5 Å². The minimum atomic E-state index is -0.348. The summed E-state index contributed by atoms with van der Waals surface area (Å²) in [5.41, 5.74) is 6.34. The number of rotatable bonds is 8. The van der Waals surface area contributed by atoms with Gasteiger partial charge in [0.05, 0.1) is 10.6 Å². The van der Waals surface area contributed by atoms with Gasteiger partial charge in [0, 0.05) is 18.0 Å². The predicted octanol–water partition coefficient (Wildman–Crippen LogP) is 4.67. The number of hydrogen-bond donors (Lipinski definition) is 1. The molecule has 1 aliphatic heterocycles. The second-order valence-corrected chi connectivity index (χ2v) is 8.20. The second kappa shape index (κ2) is 10.6.